The van der Waals surface area contributed by atoms with E-state index in [0.717, 1.165) is 41.9 Å². The SMILES string of the molecule is O=C1CC(=O)C(c2c[nH]c3c(Br)cccc23)=C1c1c[nH]c2c(Br)cccc12. The second-order valence-electron chi connectivity index (χ2n) is 6.50. The summed E-state index contributed by atoms with van der Waals surface area (Å²) in [5.41, 5.74) is 4.33. The summed E-state index contributed by atoms with van der Waals surface area (Å²) in [6.45, 7) is 0. The van der Waals surface area contributed by atoms with E-state index in [2.05, 4.69) is 41.8 Å². The highest BCUT2D eigenvalue weighted by molar-refractivity contribution is 9.11. The molecule has 27 heavy (non-hydrogen) atoms. The summed E-state index contributed by atoms with van der Waals surface area (Å²) in [5, 5.41) is 1.84. The first-order valence-electron chi connectivity index (χ1n) is 8.39. The van der Waals surface area contributed by atoms with E-state index in [9.17, 15) is 9.59 Å². The largest absolute Gasteiger partial charge is 0.360 e. The molecule has 1 aliphatic carbocycles. The summed E-state index contributed by atoms with van der Waals surface area (Å²) < 4.78 is 1.84. The van der Waals surface area contributed by atoms with E-state index in [4.69, 9.17) is 0 Å². The Hall–Kier alpha value is -2.44. The van der Waals surface area contributed by atoms with Crippen LogP contribution in [0.1, 0.15) is 17.5 Å². The number of halogens is 2. The molecule has 0 fully saturated rings. The van der Waals surface area contributed by atoms with E-state index in [-0.39, 0.29) is 18.0 Å². The normalized spacial score (nSPS) is 14.9. The van der Waals surface area contributed by atoms with Crippen molar-refractivity contribution < 1.29 is 9.59 Å². The molecule has 0 saturated heterocycles. The fraction of sp³-hybridized carbons (Fsp3) is 0.0476. The summed E-state index contributed by atoms with van der Waals surface area (Å²) in [7, 11) is 0. The van der Waals surface area contributed by atoms with Crippen LogP contribution < -0.4 is 0 Å². The molecule has 0 aliphatic heterocycles. The van der Waals surface area contributed by atoms with E-state index >= 15 is 0 Å². The molecule has 0 atom stereocenters. The second-order valence-corrected chi connectivity index (χ2v) is 8.21. The number of H-pyrrole nitrogens is 2. The van der Waals surface area contributed by atoms with Gasteiger partial charge in [0.15, 0.2) is 11.6 Å². The second kappa shape index (κ2) is 6.04. The van der Waals surface area contributed by atoms with Crippen LogP contribution in [0.2, 0.25) is 0 Å². The Labute approximate surface area is 170 Å². The number of Topliss-reactive ketones (excluding diaryl/α,β-unsaturated/α-hetero) is 2. The minimum Gasteiger partial charge on any atom is -0.360 e. The van der Waals surface area contributed by atoms with Gasteiger partial charge in [0.1, 0.15) is 0 Å². The average molecular weight is 484 g/mol. The zero-order chi connectivity index (χ0) is 18.7. The molecule has 132 valence electrons. The number of carbonyl (C=O) groups excluding carboxylic acids is 2. The number of carbonyl (C=O) groups is 2. The Morgan fingerprint density at radius 3 is 1.59 bits per heavy atom. The number of para-hydroxylation sites is 2. The third kappa shape index (κ3) is 2.40. The Bertz CT molecular complexity index is 1210. The van der Waals surface area contributed by atoms with Crippen molar-refractivity contribution in [1.29, 1.82) is 0 Å². The lowest BCUT2D eigenvalue weighted by Gasteiger charge is -2.05. The fourth-order valence-corrected chi connectivity index (χ4v) is 4.78. The highest BCUT2D eigenvalue weighted by Crippen LogP contribution is 2.41. The molecule has 4 nitrogen and oxygen atoms in total. The first-order chi connectivity index (χ1) is 13.1. The minimum absolute atomic E-state index is 0.0913. The molecule has 1 aliphatic rings. The standard InChI is InChI=1S/C21H12Br2N2O2/c22-14-5-1-3-10-12(8-24-20(10)14)18-16(26)7-17(27)19(18)13-9-25-21-11(13)4-2-6-15(21)23/h1-6,8-9,24-25H,7H2. The Kier molecular flexibility index (Phi) is 3.74. The van der Waals surface area contributed by atoms with Gasteiger partial charge in [-0.25, -0.2) is 0 Å². The summed E-state index contributed by atoms with van der Waals surface area (Å²) in [5.74, 6) is -0.277. The maximum Gasteiger partial charge on any atom is 0.172 e. The average Bonchev–Trinajstić information content (AvgIpc) is 3.31. The highest BCUT2D eigenvalue weighted by atomic mass is 79.9. The lowest BCUT2D eigenvalue weighted by molar-refractivity contribution is -0.119. The number of aromatic nitrogens is 2. The van der Waals surface area contributed by atoms with E-state index in [0.29, 0.717) is 11.1 Å². The van der Waals surface area contributed by atoms with Gasteiger partial charge in [-0.1, -0.05) is 24.3 Å². The topological polar surface area (TPSA) is 65.7 Å². The van der Waals surface area contributed by atoms with Gasteiger partial charge in [0.2, 0.25) is 0 Å². The van der Waals surface area contributed by atoms with Gasteiger partial charge in [-0.05, 0) is 44.0 Å². The molecular formula is C21H12Br2N2O2. The molecule has 4 aromatic rings. The van der Waals surface area contributed by atoms with Crippen LogP contribution in [0.15, 0.2) is 57.7 Å². The van der Waals surface area contributed by atoms with E-state index in [1.165, 1.54) is 0 Å². The third-order valence-electron chi connectivity index (χ3n) is 5.00. The summed E-state index contributed by atoms with van der Waals surface area (Å²) in [6.07, 6.45) is 3.53. The van der Waals surface area contributed by atoms with Crippen LogP contribution >= 0.6 is 31.9 Å². The number of nitrogens with one attached hydrogen (secondary N) is 2. The maximum atomic E-state index is 12.8. The van der Waals surface area contributed by atoms with Crippen LogP contribution in [0.25, 0.3) is 33.0 Å². The number of hydrogen-bond donors (Lipinski definition) is 2. The molecular weight excluding hydrogens is 472 g/mol. The molecule has 2 aromatic heterocycles. The van der Waals surface area contributed by atoms with E-state index < -0.39 is 0 Å². The molecule has 0 bridgehead atoms. The van der Waals surface area contributed by atoms with Gasteiger partial charge in [-0.15, -0.1) is 0 Å². The van der Waals surface area contributed by atoms with Crippen LogP contribution in [0.4, 0.5) is 0 Å². The molecule has 2 N–H and O–H groups in total. The van der Waals surface area contributed by atoms with Crippen molar-refractivity contribution in [3.05, 3.63) is 68.9 Å². The number of ketones is 2. The minimum atomic E-state index is -0.139. The zero-order valence-electron chi connectivity index (χ0n) is 13.9. The van der Waals surface area contributed by atoms with Crippen LogP contribution in [0.5, 0.6) is 0 Å². The van der Waals surface area contributed by atoms with Crippen molar-refractivity contribution in [2.45, 2.75) is 6.42 Å². The lowest BCUT2D eigenvalue weighted by Crippen LogP contribution is -1.96. The Balaban J connectivity index is 1.85. The zero-order valence-corrected chi connectivity index (χ0v) is 17.1. The maximum absolute atomic E-state index is 12.8. The van der Waals surface area contributed by atoms with Gasteiger partial charge in [-0.2, -0.15) is 0 Å². The van der Waals surface area contributed by atoms with E-state index in [1.807, 2.05) is 48.8 Å². The molecule has 5 rings (SSSR count). The smallest absolute Gasteiger partial charge is 0.172 e. The summed E-state index contributed by atoms with van der Waals surface area (Å²) >= 11 is 7.06. The van der Waals surface area contributed by atoms with Crippen molar-refractivity contribution >= 4 is 76.4 Å². The van der Waals surface area contributed by atoms with Gasteiger partial charge in [0.25, 0.3) is 0 Å². The quantitative estimate of drug-likeness (QED) is 0.363. The molecule has 0 unspecified atom stereocenters. The van der Waals surface area contributed by atoms with Gasteiger partial charge < -0.3 is 9.97 Å². The predicted molar refractivity (Wildman–Crippen MR) is 113 cm³/mol. The summed E-state index contributed by atoms with van der Waals surface area (Å²) in [6, 6.07) is 11.6. The number of rotatable bonds is 2. The number of allylic oxidation sites excluding steroid dienone is 2. The van der Waals surface area contributed by atoms with Crippen molar-refractivity contribution in [1.82, 2.24) is 9.97 Å². The van der Waals surface area contributed by atoms with Crippen LogP contribution in [-0.4, -0.2) is 21.5 Å². The number of fused-ring (bicyclic) bond motifs is 2. The van der Waals surface area contributed by atoms with Crippen molar-refractivity contribution in [3.63, 3.8) is 0 Å². The molecule has 0 amide bonds. The van der Waals surface area contributed by atoms with E-state index in [1.54, 1.807) is 0 Å². The van der Waals surface area contributed by atoms with Crippen molar-refractivity contribution in [3.8, 4) is 0 Å². The van der Waals surface area contributed by atoms with Gasteiger partial charge in [0.05, 0.1) is 17.5 Å². The molecule has 0 radical (unpaired) electrons. The molecule has 2 aromatic carbocycles. The number of aromatic amines is 2. The highest BCUT2D eigenvalue weighted by Gasteiger charge is 2.34. The monoisotopic (exact) mass is 482 g/mol. The molecule has 6 heteroatoms. The molecule has 0 saturated carbocycles. The van der Waals surface area contributed by atoms with Gasteiger partial charge in [-0.3, -0.25) is 9.59 Å². The van der Waals surface area contributed by atoms with Gasteiger partial charge in [0, 0.05) is 54.4 Å². The predicted octanol–water partition coefficient (Wildman–Crippen LogP) is 5.63. The van der Waals surface area contributed by atoms with Crippen molar-refractivity contribution in [2.24, 2.45) is 0 Å². The van der Waals surface area contributed by atoms with Crippen LogP contribution in [-0.2, 0) is 9.59 Å². The Morgan fingerprint density at radius 2 is 1.15 bits per heavy atom. The number of benzene rings is 2. The number of hydrogen-bond acceptors (Lipinski definition) is 2. The van der Waals surface area contributed by atoms with Crippen LogP contribution in [0.3, 0.4) is 0 Å². The molecule has 0 spiro atoms. The first-order valence-corrected chi connectivity index (χ1v) is 9.97. The van der Waals surface area contributed by atoms with Crippen LogP contribution in [0, 0.1) is 0 Å². The third-order valence-corrected chi connectivity index (χ3v) is 6.32. The Morgan fingerprint density at radius 1 is 0.704 bits per heavy atom. The van der Waals surface area contributed by atoms with Crippen molar-refractivity contribution in [2.75, 3.05) is 0 Å². The lowest BCUT2D eigenvalue weighted by atomic mass is 9.95. The van der Waals surface area contributed by atoms with Gasteiger partial charge >= 0.3 is 0 Å². The molecule has 2 heterocycles. The fourth-order valence-electron chi connectivity index (χ4n) is 3.82. The summed E-state index contributed by atoms with van der Waals surface area (Å²) in [4.78, 5) is 32.0. The first kappa shape index (κ1) is 16.7.